The van der Waals surface area contributed by atoms with Crippen LogP contribution in [0.1, 0.15) is 36.6 Å². The van der Waals surface area contributed by atoms with Gasteiger partial charge in [-0.15, -0.1) is 0 Å². The van der Waals surface area contributed by atoms with E-state index in [-0.39, 0.29) is 0 Å². The number of aromatic amines is 2. The molecular formula is C18H20N6OS. The van der Waals surface area contributed by atoms with E-state index in [9.17, 15) is 0 Å². The molecule has 2 heterocycles. The van der Waals surface area contributed by atoms with E-state index in [1.54, 1.807) is 10.9 Å². The molecular weight excluding hydrogens is 348 g/mol. The van der Waals surface area contributed by atoms with E-state index in [1.807, 2.05) is 24.3 Å². The number of aromatic nitrogens is 5. The van der Waals surface area contributed by atoms with Gasteiger partial charge in [0.15, 0.2) is 0 Å². The summed E-state index contributed by atoms with van der Waals surface area (Å²) in [4.78, 5) is 0. The largest absolute Gasteiger partial charge is 0.494 e. The second kappa shape index (κ2) is 7.25. The van der Waals surface area contributed by atoms with E-state index in [2.05, 4.69) is 32.4 Å². The van der Waals surface area contributed by atoms with Crippen LogP contribution in [0.5, 0.6) is 5.75 Å². The Kier molecular flexibility index (Phi) is 4.66. The van der Waals surface area contributed by atoms with Crippen LogP contribution in [0.25, 0.3) is 11.5 Å². The van der Waals surface area contributed by atoms with Crippen molar-refractivity contribution in [2.75, 3.05) is 6.61 Å². The highest BCUT2D eigenvalue weighted by molar-refractivity contribution is 7.71. The van der Waals surface area contributed by atoms with Crippen LogP contribution in [-0.2, 0) is 12.8 Å². The maximum Gasteiger partial charge on any atom is 0.216 e. The molecule has 4 rings (SSSR count). The number of benzene rings is 1. The molecule has 1 aromatic carbocycles. The van der Waals surface area contributed by atoms with Gasteiger partial charge in [-0.05, 0) is 67.7 Å². The van der Waals surface area contributed by atoms with Crippen LogP contribution < -0.4 is 4.74 Å². The fourth-order valence-corrected chi connectivity index (χ4v) is 3.23. The Bertz CT molecular complexity index is 982. The van der Waals surface area contributed by atoms with E-state index in [4.69, 9.17) is 17.0 Å². The van der Waals surface area contributed by atoms with Crippen LogP contribution in [0.15, 0.2) is 29.4 Å². The molecule has 0 atom stereocenters. The molecule has 0 saturated carbocycles. The molecule has 2 aromatic heterocycles. The van der Waals surface area contributed by atoms with Gasteiger partial charge in [-0.1, -0.05) is 6.92 Å². The minimum atomic E-state index is 0.439. The van der Waals surface area contributed by atoms with Gasteiger partial charge in [0, 0.05) is 11.3 Å². The summed E-state index contributed by atoms with van der Waals surface area (Å²) >= 11 is 5.33. The number of aryl methyl sites for hydroxylation is 1. The maximum absolute atomic E-state index is 5.60. The van der Waals surface area contributed by atoms with Crippen LogP contribution in [0, 0.1) is 4.77 Å². The number of hydrogen-bond donors (Lipinski definition) is 2. The molecule has 3 aromatic rings. The maximum atomic E-state index is 5.60. The number of fused-ring (bicyclic) bond motifs is 1. The lowest BCUT2D eigenvalue weighted by molar-refractivity contribution is 0.317. The first kappa shape index (κ1) is 16.7. The molecule has 0 spiro atoms. The lowest BCUT2D eigenvalue weighted by Crippen LogP contribution is -1.98. The summed E-state index contributed by atoms with van der Waals surface area (Å²) in [6.45, 7) is 2.80. The van der Waals surface area contributed by atoms with Gasteiger partial charge in [0.2, 0.25) is 10.6 Å². The van der Waals surface area contributed by atoms with Gasteiger partial charge in [-0.2, -0.15) is 20.0 Å². The first-order chi connectivity index (χ1) is 12.8. The smallest absolute Gasteiger partial charge is 0.216 e. The van der Waals surface area contributed by atoms with Crippen LogP contribution in [0.2, 0.25) is 0 Å². The van der Waals surface area contributed by atoms with Crippen molar-refractivity contribution in [3.8, 4) is 17.3 Å². The Labute approximate surface area is 156 Å². The molecule has 0 amide bonds. The molecule has 26 heavy (non-hydrogen) atoms. The molecule has 7 nitrogen and oxygen atoms in total. The second-order valence-corrected chi connectivity index (χ2v) is 6.60. The van der Waals surface area contributed by atoms with Crippen LogP contribution in [-0.4, -0.2) is 37.9 Å². The Hall–Kier alpha value is -2.74. The zero-order valence-electron chi connectivity index (χ0n) is 14.5. The van der Waals surface area contributed by atoms with Gasteiger partial charge in [0.1, 0.15) is 11.4 Å². The van der Waals surface area contributed by atoms with Crippen molar-refractivity contribution in [3.05, 3.63) is 45.9 Å². The molecule has 0 unspecified atom stereocenters. The molecule has 0 bridgehead atoms. The van der Waals surface area contributed by atoms with E-state index >= 15 is 0 Å². The monoisotopic (exact) mass is 368 g/mol. The van der Waals surface area contributed by atoms with Crippen LogP contribution in [0.3, 0.4) is 0 Å². The SMILES string of the molecule is CCCOc1ccc(C=Nn2c(-c3n[nH]c4c3CCC4)n[nH]c2=S)cc1. The Morgan fingerprint density at radius 2 is 2.08 bits per heavy atom. The topological polar surface area (TPSA) is 83.9 Å². The number of hydrogen-bond acceptors (Lipinski definition) is 5. The van der Waals surface area contributed by atoms with Crippen molar-refractivity contribution in [1.29, 1.82) is 0 Å². The summed E-state index contributed by atoms with van der Waals surface area (Å²) < 4.78 is 7.65. The van der Waals surface area contributed by atoms with Gasteiger partial charge in [-0.3, -0.25) is 5.10 Å². The van der Waals surface area contributed by atoms with Crippen LogP contribution in [0.4, 0.5) is 0 Å². The van der Waals surface area contributed by atoms with Crippen molar-refractivity contribution in [2.24, 2.45) is 5.10 Å². The van der Waals surface area contributed by atoms with Crippen molar-refractivity contribution in [2.45, 2.75) is 32.6 Å². The highest BCUT2D eigenvalue weighted by atomic mass is 32.1. The van der Waals surface area contributed by atoms with Gasteiger partial charge in [0.25, 0.3) is 0 Å². The first-order valence-corrected chi connectivity index (χ1v) is 9.18. The number of nitrogens with zero attached hydrogens (tertiary/aromatic N) is 4. The average molecular weight is 368 g/mol. The Balaban J connectivity index is 1.60. The van der Waals surface area contributed by atoms with Crippen molar-refractivity contribution in [1.82, 2.24) is 25.1 Å². The average Bonchev–Trinajstić information content (AvgIpc) is 3.35. The third-order valence-electron chi connectivity index (χ3n) is 4.34. The lowest BCUT2D eigenvalue weighted by atomic mass is 10.2. The number of ether oxygens (including phenoxy) is 1. The van der Waals surface area contributed by atoms with Crippen molar-refractivity contribution < 1.29 is 4.74 Å². The summed E-state index contributed by atoms with van der Waals surface area (Å²) in [5.74, 6) is 1.49. The normalized spacial score (nSPS) is 13.4. The summed E-state index contributed by atoms with van der Waals surface area (Å²) in [5.41, 5.74) is 4.18. The summed E-state index contributed by atoms with van der Waals surface area (Å²) in [6.07, 6.45) is 5.91. The zero-order valence-corrected chi connectivity index (χ0v) is 15.3. The lowest BCUT2D eigenvalue weighted by Gasteiger charge is -2.04. The molecule has 0 aliphatic heterocycles. The standard InChI is InChI=1S/C18H20N6OS/c1-2-10-25-13-8-6-12(7-9-13)11-19-24-17(22-23-18(24)26)16-14-4-3-5-15(14)20-21-16/h6-9,11H,2-5,10H2,1H3,(H,20,21)(H,23,26). The van der Waals surface area contributed by atoms with E-state index in [1.165, 1.54) is 11.3 Å². The number of H-pyrrole nitrogens is 2. The number of rotatable bonds is 6. The molecule has 1 aliphatic carbocycles. The summed E-state index contributed by atoms with van der Waals surface area (Å²) in [5, 5.41) is 19.2. The Morgan fingerprint density at radius 1 is 1.23 bits per heavy atom. The minimum Gasteiger partial charge on any atom is -0.494 e. The van der Waals surface area contributed by atoms with Gasteiger partial charge in [-0.25, -0.2) is 5.10 Å². The van der Waals surface area contributed by atoms with E-state index in [0.29, 0.717) is 10.6 Å². The van der Waals surface area contributed by atoms with Gasteiger partial charge < -0.3 is 4.74 Å². The molecule has 2 N–H and O–H groups in total. The highest BCUT2D eigenvalue weighted by Gasteiger charge is 2.23. The Morgan fingerprint density at radius 3 is 2.88 bits per heavy atom. The fraction of sp³-hybridized carbons (Fsp3) is 0.333. The third-order valence-corrected chi connectivity index (χ3v) is 4.61. The fourth-order valence-electron chi connectivity index (χ4n) is 3.05. The van der Waals surface area contributed by atoms with Gasteiger partial charge in [0.05, 0.1) is 12.8 Å². The molecule has 0 radical (unpaired) electrons. The molecule has 1 aliphatic rings. The first-order valence-electron chi connectivity index (χ1n) is 8.77. The van der Waals surface area contributed by atoms with Crippen molar-refractivity contribution >= 4 is 18.4 Å². The molecule has 8 heteroatoms. The highest BCUT2D eigenvalue weighted by Crippen LogP contribution is 2.29. The molecule has 0 saturated heterocycles. The number of nitrogens with one attached hydrogen (secondary N) is 2. The summed E-state index contributed by atoms with van der Waals surface area (Å²) in [7, 11) is 0. The minimum absolute atomic E-state index is 0.439. The van der Waals surface area contributed by atoms with E-state index < -0.39 is 0 Å². The predicted molar refractivity (Wildman–Crippen MR) is 102 cm³/mol. The quantitative estimate of drug-likeness (QED) is 0.515. The summed E-state index contributed by atoms with van der Waals surface area (Å²) in [6, 6.07) is 7.80. The van der Waals surface area contributed by atoms with Crippen molar-refractivity contribution in [3.63, 3.8) is 0 Å². The molecule has 134 valence electrons. The second-order valence-electron chi connectivity index (χ2n) is 6.21. The third kappa shape index (κ3) is 3.20. The zero-order chi connectivity index (χ0) is 17.9. The van der Waals surface area contributed by atoms with Crippen LogP contribution >= 0.6 is 12.2 Å². The molecule has 0 fully saturated rings. The predicted octanol–water partition coefficient (Wildman–Crippen LogP) is 3.49. The van der Waals surface area contributed by atoms with Gasteiger partial charge >= 0.3 is 0 Å². The van der Waals surface area contributed by atoms with E-state index in [0.717, 1.165) is 49.3 Å².